The van der Waals surface area contributed by atoms with Gasteiger partial charge in [0.1, 0.15) is 5.52 Å². The highest BCUT2D eigenvalue weighted by Gasteiger charge is 2.16. The van der Waals surface area contributed by atoms with Crippen LogP contribution >= 0.6 is 0 Å². The van der Waals surface area contributed by atoms with Crippen LogP contribution in [0.5, 0.6) is 0 Å². The van der Waals surface area contributed by atoms with Gasteiger partial charge in [0.05, 0.1) is 0 Å². The number of nitrogens with one attached hydrogen (secondary N) is 1. The van der Waals surface area contributed by atoms with Crippen LogP contribution in [0.1, 0.15) is 44.9 Å². The molecule has 0 radical (unpaired) electrons. The van der Waals surface area contributed by atoms with Crippen molar-refractivity contribution in [3.63, 3.8) is 0 Å². The smallest absolute Gasteiger partial charge is 0.192 e. The number of nitrogens with zero attached hydrogens (tertiary/aromatic N) is 1. The molecule has 0 bridgehead atoms. The van der Waals surface area contributed by atoms with Gasteiger partial charge in [-0.05, 0) is 43.4 Å². The number of oxazole rings is 1. The van der Waals surface area contributed by atoms with Gasteiger partial charge in [-0.25, -0.2) is 4.98 Å². The van der Waals surface area contributed by atoms with E-state index in [4.69, 9.17) is 4.42 Å². The molecule has 2 aromatic rings. The van der Waals surface area contributed by atoms with Gasteiger partial charge in [-0.2, -0.15) is 0 Å². The van der Waals surface area contributed by atoms with Gasteiger partial charge in [0.25, 0.3) is 0 Å². The van der Waals surface area contributed by atoms with Crippen LogP contribution in [0.25, 0.3) is 11.1 Å². The second kappa shape index (κ2) is 5.24. The molecule has 3 heteroatoms. The summed E-state index contributed by atoms with van der Waals surface area (Å²) in [7, 11) is 0. The Labute approximate surface area is 114 Å². The Hall–Kier alpha value is -1.51. The summed E-state index contributed by atoms with van der Waals surface area (Å²) in [4.78, 5) is 4.39. The van der Waals surface area contributed by atoms with Crippen molar-refractivity contribution < 1.29 is 4.42 Å². The molecule has 1 aromatic carbocycles. The van der Waals surface area contributed by atoms with Crippen LogP contribution in [0.15, 0.2) is 22.6 Å². The monoisotopic (exact) mass is 258 g/mol. The molecule has 19 heavy (non-hydrogen) atoms. The van der Waals surface area contributed by atoms with Gasteiger partial charge in [-0.3, -0.25) is 0 Å². The lowest BCUT2D eigenvalue weighted by atomic mass is 10.0. The zero-order valence-corrected chi connectivity index (χ0v) is 11.8. The minimum atomic E-state index is 0.607. The Morgan fingerprint density at radius 2 is 2.11 bits per heavy atom. The third-order valence-corrected chi connectivity index (χ3v) is 4.12. The number of aryl methyl sites for hydroxylation is 1. The number of fused-ring (bicyclic) bond motifs is 1. The van der Waals surface area contributed by atoms with Gasteiger partial charge < -0.3 is 9.73 Å². The molecule has 102 valence electrons. The third-order valence-electron chi connectivity index (χ3n) is 4.12. The molecule has 1 fully saturated rings. The fourth-order valence-electron chi connectivity index (χ4n) is 3.00. The van der Waals surface area contributed by atoms with Gasteiger partial charge in [0.15, 0.2) is 11.5 Å². The molecular weight excluding hydrogens is 236 g/mol. The van der Waals surface area contributed by atoms with Crippen LogP contribution in [-0.4, -0.2) is 11.0 Å². The maximum Gasteiger partial charge on any atom is 0.192 e. The van der Waals surface area contributed by atoms with E-state index in [0.29, 0.717) is 6.04 Å². The predicted octanol–water partition coefficient (Wildman–Crippen LogP) is 4.52. The van der Waals surface area contributed by atoms with Gasteiger partial charge in [0, 0.05) is 18.7 Å². The van der Waals surface area contributed by atoms with Crippen LogP contribution in [0.2, 0.25) is 0 Å². The van der Waals surface area contributed by atoms with Crippen LogP contribution in [0.4, 0.5) is 5.69 Å². The van der Waals surface area contributed by atoms with Gasteiger partial charge in [-0.15, -0.1) is 0 Å². The second-order valence-corrected chi connectivity index (χ2v) is 5.87. The quantitative estimate of drug-likeness (QED) is 0.805. The van der Waals surface area contributed by atoms with E-state index in [1.165, 1.54) is 37.8 Å². The summed E-state index contributed by atoms with van der Waals surface area (Å²) < 4.78 is 5.51. The summed E-state index contributed by atoms with van der Waals surface area (Å²) in [5.74, 6) is 1.61. The molecule has 3 nitrogen and oxygen atoms in total. The number of benzene rings is 1. The molecule has 1 N–H and O–H groups in total. The standard InChI is InChI=1S/C16H22N2O/c1-11-4-3-5-13(7-6-11)18-14-8-9-16-15(10-14)17-12(2)19-16/h8-11,13,18H,3-7H2,1-2H3. The molecule has 2 atom stereocenters. The summed E-state index contributed by atoms with van der Waals surface area (Å²) in [6, 6.07) is 6.81. The van der Waals surface area contributed by atoms with Crippen molar-refractivity contribution in [2.24, 2.45) is 5.92 Å². The molecule has 0 saturated heterocycles. The molecule has 1 aromatic heterocycles. The maximum absolute atomic E-state index is 5.51. The van der Waals surface area contributed by atoms with E-state index < -0.39 is 0 Å². The largest absolute Gasteiger partial charge is 0.441 e. The van der Waals surface area contributed by atoms with Crippen LogP contribution in [0.3, 0.4) is 0 Å². The zero-order valence-electron chi connectivity index (χ0n) is 11.8. The van der Waals surface area contributed by atoms with E-state index in [0.717, 1.165) is 22.9 Å². The van der Waals surface area contributed by atoms with Crippen molar-refractivity contribution in [3.05, 3.63) is 24.1 Å². The molecule has 0 amide bonds. The summed E-state index contributed by atoms with van der Waals surface area (Å²) in [5, 5.41) is 3.66. The van der Waals surface area contributed by atoms with E-state index in [1.54, 1.807) is 0 Å². The van der Waals surface area contributed by atoms with E-state index in [2.05, 4.69) is 29.4 Å². The normalized spacial score (nSPS) is 24.3. The predicted molar refractivity (Wildman–Crippen MR) is 78.4 cm³/mol. The highest BCUT2D eigenvalue weighted by atomic mass is 16.3. The van der Waals surface area contributed by atoms with Crippen molar-refractivity contribution >= 4 is 16.8 Å². The Balaban J connectivity index is 1.73. The lowest BCUT2D eigenvalue weighted by Gasteiger charge is -2.17. The van der Waals surface area contributed by atoms with Crippen LogP contribution < -0.4 is 5.32 Å². The number of hydrogen-bond donors (Lipinski definition) is 1. The second-order valence-electron chi connectivity index (χ2n) is 5.87. The lowest BCUT2D eigenvalue weighted by molar-refractivity contribution is 0.502. The van der Waals surface area contributed by atoms with Gasteiger partial charge in [0.2, 0.25) is 0 Å². The molecule has 1 heterocycles. The van der Waals surface area contributed by atoms with E-state index in [9.17, 15) is 0 Å². The van der Waals surface area contributed by atoms with Crippen molar-refractivity contribution in [2.75, 3.05) is 5.32 Å². The maximum atomic E-state index is 5.51. The van der Waals surface area contributed by atoms with Crippen molar-refractivity contribution in [2.45, 2.75) is 52.0 Å². The van der Waals surface area contributed by atoms with E-state index >= 15 is 0 Å². The van der Waals surface area contributed by atoms with Crippen molar-refractivity contribution in [1.82, 2.24) is 4.98 Å². The fraction of sp³-hybridized carbons (Fsp3) is 0.562. The first-order chi connectivity index (χ1) is 9.20. The Morgan fingerprint density at radius 1 is 1.21 bits per heavy atom. The molecule has 0 spiro atoms. The first kappa shape index (κ1) is 12.5. The summed E-state index contributed by atoms with van der Waals surface area (Å²) in [6.07, 6.45) is 6.60. The molecular formula is C16H22N2O. The first-order valence-electron chi connectivity index (χ1n) is 7.34. The summed E-state index contributed by atoms with van der Waals surface area (Å²) in [6.45, 7) is 4.26. The van der Waals surface area contributed by atoms with E-state index in [1.807, 2.05) is 13.0 Å². The minimum absolute atomic E-state index is 0.607. The Kier molecular flexibility index (Phi) is 3.45. The zero-order chi connectivity index (χ0) is 13.2. The lowest BCUT2D eigenvalue weighted by Crippen LogP contribution is -2.18. The molecule has 1 aliphatic rings. The Morgan fingerprint density at radius 3 is 3.00 bits per heavy atom. The highest BCUT2D eigenvalue weighted by Crippen LogP contribution is 2.26. The summed E-state index contributed by atoms with van der Waals surface area (Å²) >= 11 is 0. The molecule has 0 aliphatic heterocycles. The van der Waals surface area contributed by atoms with Crippen LogP contribution in [0, 0.1) is 12.8 Å². The molecule has 1 saturated carbocycles. The number of aromatic nitrogens is 1. The third kappa shape index (κ3) is 2.91. The molecule has 3 rings (SSSR count). The molecule has 1 aliphatic carbocycles. The molecule has 2 unspecified atom stereocenters. The average molecular weight is 258 g/mol. The van der Waals surface area contributed by atoms with Crippen molar-refractivity contribution in [1.29, 1.82) is 0 Å². The first-order valence-corrected chi connectivity index (χ1v) is 7.34. The van der Waals surface area contributed by atoms with Crippen LogP contribution in [-0.2, 0) is 0 Å². The van der Waals surface area contributed by atoms with Gasteiger partial charge >= 0.3 is 0 Å². The Bertz CT molecular complexity index is 561. The number of hydrogen-bond acceptors (Lipinski definition) is 3. The van der Waals surface area contributed by atoms with Crippen molar-refractivity contribution in [3.8, 4) is 0 Å². The van der Waals surface area contributed by atoms with Gasteiger partial charge in [-0.1, -0.05) is 19.8 Å². The fourth-order valence-corrected chi connectivity index (χ4v) is 3.00. The topological polar surface area (TPSA) is 38.1 Å². The number of anilines is 1. The highest BCUT2D eigenvalue weighted by molar-refractivity contribution is 5.77. The number of rotatable bonds is 2. The summed E-state index contributed by atoms with van der Waals surface area (Å²) in [5.41, 5.74) is 2.99. The minimum Gasteiger partial charge on any atom is -0.441 e. The SMILES string of the molecule is Cc1nc2cc(NC3CCCC(C)CC3)ccc2o1. The average Bonchev–Trinajstić information content (AvgIpc) is 2.62. The van der Waals surface area contributed by atoms with E-state index in [-0.39, 0.29) is 0 Å².